The molecule has 3 N–H and O–H groups in total. The summed E-state index contributed by atoms with van der Waals surface area (Å²) in [5.74, 6) is 5.01. The van der Waals surface area contributed by atoms with E-state index < -0.39 is 17.7 Å². The summed E-state index contributed by atoms with van der Waals surface area (Å²) >= 11 is 0. The Balaban J connectivity index is 2.43. The molecule has 0 fully saturated rings. The van der Waals surface area contributed by atoms with Gasteiger partial charge in [0.1, 0.15) is 17.4 Å². The van der Waals surface area contributed by atoms with Gasteiger partial charge in [0.2, 0.25) is 0 Å². The summed E-state index contributed by atoms with van der Waals surface area (Å²) in [5.41, 5.74) is 3.99. The van der Waals surface area contributed by atoms with Gasteiger partial charge in [-0.1, -0.05) is 12.1 Å². The molecular weight excluding hydrogens is 262 g/mol. The number of ether oxygens (including phenoxy) is 1. The molecule has 0 aliphatic carbocycles. The number of nitrogens with two attached hydrogens (primary N) is 1. The van der Waals surface area contributed by atoms with Crippen molar-refractivity contribution in [2.45, 2.75) is 13.0 Å². The van der Waals surface area contributed by atoms with Gasteiger partial charge in [-0.25, -0.2) is 14.2 Å². The van der Waals surface area contributed by atoms with Gasteiger partial charge in [0.25, 0.3) is 0 Å². The standard InChI is InChI=1S/C15H16F2N2O/c1-9-7-12(14(17)8-13(9)16)15(19-18)10-3-5-11(20-2)6-4-10/h3-8,15,19H,18H2,1-2H3. The van der Waals surface area contributed by atoms with Crippen LogP contribution in [0.1, 0.15) is 22.7 Å². The van der Waals surface area contributed by atoms with Crippen LogP contribution in [0.15, 0.2) is 36.4 Å². The molecule has 5 heteroatoms. The summed E-state index contributed by atoms with van der Waals surface area (Å²) < 4.78 is 32.3. The molecule has 1 unspecified atom stereocenters. The molecule has 20 heavy (non-hydrogen) atoms. The van der Waals surface area contributed by atoms with E-state index in [0.29, 0.717) is 16.9 Å². The van der Waals surface area contributed by atoms with E-state index in [1.165, 1.54) is 6.07 Å². The minimum atomic E-state index is -0.633. The van der Waals surface area contributed by atoms with Gasteiger partial charge in [0.15, 0.2) is 0 Å². The van der Waals surface area contributed by atoms with Gasteiger partial charge in [-0.15, -0.1) is 0 Å². The third kappa shape index (κ3) is 2.79. The van der Waals surface area contributed by atoms with E-state index in [0.717, 1.165) is 11.6 Å². The molecule has 0 aliphatic heterocycles. The van der Waals surface area contributed by atoms with Crippen LogP contribution in [0.25, 0.3) is 0 Å². The van der Waals surface area contributed by atoms with Crippen LogP contribution in [0, 0.1) is 18.6 Å². The zero-order chi connectivity index (χ0) is 14.7. The molecule has 0 saturated carbocycles. The van der Waals surface area contributed by atoms with Crippen molar-refractivity contribution >= 4 is 0 Å². The fourth-order valence-electron chi connectivity index (χ4n) is 2.06. The number of rotatable bonds is 4. The van der Waals surface area contributed by atoms with Crippen LogP contribution < -0.4 is 16.0 Å². The molecular formula is C15H16F2N2O. The van der Waals surface area contributed by atoms with Crippen molar-refractivity contribution in [3.63, 3.8) is 0 Å². The minimum absolute atomic E-state index is 0.302. The molecule has 2 rings (SSSR count). The van der Waals surface area contributed by atoms with E-state index in [9.17, 15) is 8.78 Å². The molecule has 0 aromatic heterocycles. The maximum Gasteiger partial charge on any atom is 0.131 e. The Morgan fingerprint density at radius 3 is 2.30 bits per heavy atom. The third-order valence-corrected chi connectivity index (χ3v) is 3.20. The number of hydrazine groups is 1. The lowest BCUT2D eigenvalue weighted by Crippen LogP contribution is -2.29. The summed E-state index contributed by atoms with van der Waals surface area (Å²) in [6, 6.07) is 8.85. The van der Waals surface area contributed by atoms with Gasteiger partial charge in [0, 0.05) is 11.6 Å². The van der Waals surface area contributed by atoms with Gasteiger partial charge in [-0.3, -0.25) is 5.84 Å². The molecule has 3 nitrogen and oxygen atoms in total. The first-order valence-electron chi connectivity index (χ1n) is 6.12. The average molecular weight is 278 g/mol. The normalized spacial score (nSPS) is 12.2. The summed E-state index contributed by atoms with van der Waals surface area (Å²) in [6.07, 6.45) is 0. The number of nitrogens with one attached hydrogen (secondary N) is 1. The Bertz CT molecular complexity index is 600. The lowest BCUT2D eigenvalue weighted by Gasteiger charge is -2.18. The lowest BCUT2D eigenvalue weighted by molar-refractivity contribution is 0.414. The van der Waals surface area contributed by atoms with Gasteiger partial charge in [-0.2, -0.15) is 0 Å². The van der Waals surface area contributed by atoms with Crippen molar-refractivity contribution in [3.8, 4) is 5.75 Å². The van der Waals surface area contributed by atoms with E-state index >= 15 is 0 Å². The topological polar surface area (TPSA) is 47.3 Å². The molecule has 2 aromatic rings. The zero-order valence-electron chi connectivity index (χ0n) is 11.3. The predicted octanol–water partition coefficient (Wildman–Crippen LogP) is 2.83. The Labute approximate surface area is 116 Å². The molecule has 0 amide bonds. The number of methoxy groups -OCH3 is 1. The second kappa shape index (κ2) is 5.98. The molecule has 0 aliphatic rings. The smallest absolute Gasteiger partial charge is 0.131 e. The largest absolute Gasteiger partial charge is 0.497 e. The highest BCUT2D eigenvalue weighted by molar-refractivity contribution is 5.37. The second-order valence-corrected chi connectivity index (χ2v) is 4.50. The number of hydrogen-bond donors (Lipinski definition) is 2. The van der Waals surface area contributed by atoms with E-state index in [1.54, 1.807) is 38.3 Å². The lowest BCUT2D eigenvalue weighted by atomic mass is 9.97. The van der Waals surface area contributed by atoms with Gasteiger partial charge in [0.05, 0.1) is 13.2 Å². The maximum atomic E-state index is 13.9. The van der Waals surface area contributed by atoms with Crippen LogP contribution in [-0.2, 0) is 0 Å². The summed E-state index contributed by atoms with van der Waals surface area (Å²) in [5, 5.41) is 0. The fraction of sp³-hybridized carbons (Fsp3) is 0.200. The first kappa shape index (κ1) is 14.4. The van der Waals surface area contributed by atoms with Crippen molar-refractivity contribution < 1.29 is 13.5 Å². The van der Waals surface area contributed by atoms with E-state index in [2.05, 4.69) is 5.43 Å². The van der Waals surface area contributed by atoms with Crippen LogP contribution in [0.3, 0.4) is 0 Å². The van der Waals surface area contributed by atoms with E-state index in [4.69, 9.17) is 10.6 Å². The van der Waals surface area contributed by atoms with E-state index in [-0.39, 0.29) is 0 Å². The highest BCUT2D eigenvalue weighted by atomic mass is 19.1. The molecule has 0 heterocycles. The van der Waals surface area contributed by atoms with Gasteiger partial charge >= 0.3 is 0 Å². The summed E-state index contributed by atoms with van der Waals surface area (Å²) in [6.45, 7) is 1.58. The minimum Gasteiger partial charge on any atom is -0.497 e. The number of hydrogen-bond acceptors (Lipinski definition) is 3. The highest BCUT2D eigenvalue weighted by Crippen LogP contribution is 2.27. The van der Waals surface area contributed by atoms with Gasteiger partial charge in [-0.05, 0) is 36.2 Å². The van der Waals surface area contributed by atoms with Crippen molar-refractivity contribution in [2.75, 3.05) is 7.11 Å². The van der Waals surface area contributed by atoms with E-state index in [1.807, 2.05) is 0 Å². The van der Waals surface area contributed by atoms with Crippen LogP contribution in [0.4, 0.5) is 8.78 Å². The molecule has 0 radical (unpaired) electrons. The zero-order valence-corrected chi connectivity index (χ0v) is 11.3. The number of benzene rings is 2. The second-order valence-electron chi connectivity index (χ2n) is 4.50. The van der Waals surface area contributed by atoms with Crippen molar-refractivity contribution in [1.29, 1.82) is 0 Å². The molecule has 0 spiro atoms. The molecule has 0 bridgehead atoms. The number of halogens is 2. The Morgan fingerprint density at radius 1 is 1.10 bits per heavy atom. The van der Waals surface area contributed by atoms with Crippen LogP contribution in [0.2, 0.25) is 0 Å². The highest BCUT2D eigenvalue weighted by Gasteiger charge is 2.18. The molecule has 1 atom stereocenters. The summed E-state index contributed by atoms with van der Waals surface area (Å²) in [4.78, 5) is 0. The average Bonchev–Trinajstić information content (AvgIpc) is 2.46. The first-order valence-corrected chi connectivity index (χ1v) is 6.12. The SMILES string of the molecule is COc1ccc(C(NN)c2cc(C)c(F)cc2F)cc1. The van der Waals surface area contributed by atoms with Crippen LogP contribution in [0.5, 0.6) is 5.75 Å². The Hall–Kier alpha value is -1.98. The monoisotopic (exact) mass is 278 g/mol. The van der Waals surface area contributed by atoms with Gasteiger partial charge < -0.3 is 4.74 Å². The molecule has 2 aromatic carbocycles. The number of aryl methyl sites for hydroxylation is 1. The van der Waals surface area contributed by atoms with Crippen molar-refractivity contribution in [1.82, 2.24) is 5.43 Å². The first-order chi connectivity index (χ1) is 9.56. The molecule has 106 valence electrons. The Morgan fingerprint density at radius 2 is 1.75 bits per heavy atom. The molecule has 0 saturated heterocycles. The van der Waals surface area contributed by atoms with Crippen LogP contribution >= 0.6 is 0 Å². The Kier molecular flexibility index (Phi) is 4.32. The maximum absolute atomic E-state index is 13.9. The van der Waals surface area contributed by atoms with Crippen molar-refractivity contribution in [2.24, 2.45) is 5.84 Å². The fourth-order valence-corrected chi connectivity index (χ4v) is 2.06. The van der Waals surface area contributed by atoms with Crippen molar-refractivity contribution in [3.05, 3.63) is 64.7 Å². The van der Waals surface area contributed by atoms with Crippen LogP contribution in [-0.4, -0.2) is 7.11 Å². The summed E-state index contributed by atoms with van der Waals surface area (Å²) in [7, 11) is 1.57. The predicted molar refractivity (Wildman–Crippen MR) is 73.3 cm³/mol. The quantitative estimate of drug-likeness (QED) is 0.668. The third-order valence-electron chi connectivity index (χ3n) is 3.20.